The quantitative estimate of drug-likeness (QED) is 0.760. The van der Waals surface area contributed by atoms with Gasteiger partial charge in [-0.3, -0.25) is 5.10 Å². The van der Waals surface area contributed by atoms with E-state index in [1.807, 2.05) is 12.1 Å². The molecule has 2 aromatic heterocycles. The molecule has 0 amide bonds. The van der Waals surface area contributed by atoms with Crippen LogP contribution in [0.5, 0.6) is 0 Å². The van der Waals surface area contributed by atoms with Gasteiger partial charge in [-0.15, -0.1) is 0 Å². The number of aromatic amines is 1. The summed E-state index contributed by atoms with van der Waals surface area (Å²) in [7, 11) is 0. The molecule has 1 unspecified atom stereocenters. The molecule has 0 spiro atoms. The summed E-state index contributed by atoms with van der Waals surface area (Å²) in [4.78, 5) is 10.8. The SMILES string of the molecule is OCCNc1cc(N2CCCC(c3ccn[nH]3)C2)ncn1. The van der Waals surface area contributed by atoms with Crippen LogP contribution in [0.2, 0.25) is 0 Å². The molecule has 0 aliphatic carbocycles. The van der Waals surface area contributed by atoms with E-state index in [-0.39, 0.29) is 6.61 Å². The van der Waals surface area contributed by atoms with Gasteiger partial charge in [-0.05, 0) is 18.9 Å². The van der Waals surface area contributed by atoms with Crippen molar-refractivity contribution in [3.63, 3.8) is 0 Å². The Labute approximate surface area is 123 Å². The lowest BCUT2D eigenvalue weighted by atomic mass is 9.95. The fraction of sp³-hybridized carbons (Fsp3) is 0.500. The Morgan fingerprint density at radius 3 is 3.19 bits per heavy atom. The number of H-pyrrole nitrogens is 1. The van der Waals surface area contributed by atoms with Crippen molar-refractivity contribution in [1.82, 2.24) is 20.2 Å². The zero-order chi connectivity index (χ0) is 14.5. The van der Waals surface area contributed by atoms with Crippen LogP contribution in [0.25, 0.3) is 0 Å². The number of hydrogen-bond acceptors (Lipinski definition) is 6. The number of aliphatic hydroxyl groups is 1. The summed E-state index contributed by atoms with van der Waals surface area (Å²) in [5.41, 5.74) is 1.19. The Balaban J connectivity index is 1.71. The maximum absolute atomic E-state index is 8.86. The second-order valence-corrected chi connectivity index (χ2v) is 5.21. The molecule has 2 aromatic rings. The van der Waals surface area contributed by atoms with Crippen molar-refractivity contribution in [2.45, 2.75) is 18.8 Å². The van der Waals surface area contributed by atoms with E-state index in [1.54, 1.807) is 12.5 Å². The molecule has 1 fully saturated rings. The van der Waals surface area contributed by atoms with Crippen LogP contribution in [-0.4, -0.2) is 51.5 Å². The van der Waals surface area contributed by atoms with Crippen LogP contribution in [0.3, 0.4) is 0 Å². The second-order valence-electron chi connectivity index (χ2n) is 5.21. The van der Waals surface area contributed by atoms with E-state index in [1.165, 1.54) is 12.1 Å². The molecule has 1 atom stereocenters. The molecule has 7 nitrogen and oxygen atoms in total. The molecule has 0 aromatic carbocycles. The van der Waals surface area contributed by atoms with Crippen molar-refractivity contribution >= 4 is 11.6 Å². The summed E-state index contributed by atoms with van der Waals surface area (Å²) in [6.07, 6.45) is 5.66. The zero-order valence-electron chi connectivity index (χ0n) is 11.9. The van der Waals surface area contributed by atoms with Crippen molar-refractivity contribution in [2.24, 2.45) is 0 Å². The summed E-state index contributed by atoms with van der Waals surface area (Å²) in [5, 5.41) is 19.0. The van der Waals surface area contributed by atoms with Crippen molar-refractivity contribution in [1.29, 1.82) is 0 Å². The van der Waals surface area contributed by atoms with Crippen molar-refractivity contribution in [2.75, 3.05) is 36.5 Å². The van der Waals surface area contributed by atoms with Crippen LogP contribution in [0.15, 0.2) is 24.7 Å². The van der Waals surface area contributed by atoms with Crippen LogP contribution in [0, 0.1) is 0 Å². The van der Waals surface area contributed by atoms with Gasteiger partial charge >= 0.3 is 0 Å². The van der Waals surface area contributed by atoms with E-state index in [0.29, 0.717) is 12.5 Å². The average molecular weight is 288 g/mol. The number of nitrogens with one attached hydrogen (secondary N) is 2. The number of hydrogen-bond donors (Lipinski definition) is 3. The monoisotopic (exact) mass is 288 g/mol. The molecular formula is C14H20N6O. The highest BCUT2D eigenvalue weighted by Crippen LogP contribution is 2.28. The smallest absolute Gasteiger partial charge is 0.134 e. The van der Waals surface area contributed by atoms with Gasteiger partial charge in [0.15, 0.2) is 0 Å². The van der Waals surface area contributed by atoms with E-state index in [0.717, 1.165) is 31.1 Å². The summed E-state index contributed by atoms with van der Waals surface area (Å²) in [5.74, 6) is 2.14. The number of nitrogens with zero attached hydrogens (tertiary/aromatic N) is 4. The van der Waals surface area contributed by atoms with Crippen LogP contribution in [0.4, 0.5) is 11.6 Å². The van der Waals surface area contributed by atoms with Gasteiger partial charge in [0, 0.05) is 43.5 Å². The summed E-state index contributed by atoms with van der Waals surface area (Å²) < 4.78 is 0. The lowest BCUT2D eigenvalue weighted by Crippen LogP contribution is -2.35. The molecule has 3 heterocycles. The first-order chi connectivity index (χ1) is 10.4. The fourth-order valence-corrected chi connectivity index (χ4v) is 2.73. The Kier molecular flexibility index (Phi) is 4.30. The largest absolute Gasteiger partial charge is 0.395 e. The van der Waals surface area contributed by atoms with E-state index >= 15 is 0 Å². The van der Waals surface area contributed by atoms with Gasteiger partial charge in [-0.2, -0.15) is 5.10 Å². The molecule has 7 heteroatoms. The molecule has 3 N–H and O–H groups in total. The molecule has 21 heavy (non-hydrogen) atoms. The number of aromatic nitrogens is 4. The topological polar surface area (TPSA) is 90.0 Å². The first-order valence-corrected chi connectivity index (χ1v) is 7.28. The number of rotatable bonds is 5. The standard InChI is InChI=1S/C14H20N6O/c21-7-5-15-13-8-14(17-10-16-13)20-6-1-2-11(9-20)12-3-4-18-19-12/h3-4,8,10-11,21H,1-2,5-7,9H2,(H,18,19)(H,15,16,17). The van der Waals surface area contributed by atoms with Crippen molar-refractivity contribution < 1.29 is 5.11 Å². The molecule has 1 aliphatic rings. The van der Waals surface area contributed by atoms with Gasteiger partial charge in [0.2, 0.25) is 0 Å². The third kappa shape index (κ3) is 3.30. The van der Waals surface area contributed by atoms with Gasteiger partial charge in [0.1, 0.15) is 18.0 Å². The predicted octanol–water partition coefficient (Wildman–Crippen LogP) is 0.988. The lowest BCUT2D eigenvalue weighted by Gasteiger charge is -2.33. The number of anilines is 2. The Morgan fingerprint density at radius 2 is 2.38 bits per heavy atom. The lowest BCUT2D eigenvalue weighted by molar-refractivity contribution is 0.311. The predicted molar refractivity (Wildman–Crippen MR) is 80.4 cm³/mol. The van der Waals surface area contributed by atoms with Gasteiger partial charge in [0.05, 0.1) is 6.61 Å². The van der Waals surface area contributed by atoms with Gasteiger partial charge in [0.25, 0.3) is 0 Å². The molecule has 0 saturated carbocycles. The van der Waals surface area contributed by atoms with Gasteiger partial charge in [-0.1, -0.05) is 0 Å². The minimum atomic E-state index is 0.0882. The molecule has 0 bridgehead atoms. The Bertz CT molecular complexity index is 558. The van der Waals surface area contributed by atoms with Gasteiger partial charge in [-0.25, -0.2) is 9.97 Å². The highest BCUT2D eigenvalue weighted by molar-refractivity contribution is 5.49. The summed E-state index contributed by atoms with van der Waals surface area (Å²) >= 11 is 0. The maximum atomic E-state index is 8.86. The first-order valence-electron chi connectivity index (χ1n) is 7.28. The number of piperidine rings is 1. The molecule has 112 valence electrons. The molecule has 3 rings (SSSR count). The third-order valence-corrected chi connectivity index (χ3v) is 3.78. The minimum Gasteiger partial charge on any atom is -0.395 e. The van der Waals surface area contributed by atoms with Crippen LogP contribution in [-0.2, 0) is 0 Å². The fourth-order valence-electron chi connectivity index (χ4n) is 2.73. The van der Waals surface area contributed by atoms with Crippen LogP contribution < -0.4 is 10.2 Å². The highest BCUT2D eigenvalue weighted by atomic mass is 16.3. The Hall–Kier alpha value is -2.15. The van der Waals surface area contributed by atoms with E-state index in [9.17, 15) is 0 Å². The van der Waals surface area contributed by atoms with Crippen LogP contribution >= 0.6 is 0 Å². The van der Waals surface area contributed by atoms with Crippen molar-refractivity contribution in [3.8, 4) is 0 Å². The highest BCUT2D eigenvalue weighted by Gasteiger charge is 2.23. The third-order valence-electron chi connectivity index (χ3n) is 3.78. The first kappa shape index (κ1) is 13.8. The normalized spacial score (nSPS) is 18.7. The van der Waals surface area contributed by atoms with E-state index in [4.69, 9.17) is 5.11 Å². The van der Waals surface area contributed by atoms with Gasteiger partial charge < -0.3 is 15.3 Å². The zero-order valence-corrected chi connectivity index (χ0v) is 11.9. The minimum absolute atomic E-state index is 0.0882. The van der Waals surface area contributed by atoms with E-state index in [2.05, 4.69) is 30.4 Å². The number of aliphatic hydroxyl groups excluding tert-OH is 1. The molecule has 1 aliphatic heterocycles. The molecule has 0 radical (unpaired) electrons. The van der Waals surface area contributed by atoms with Crippen molar-refractivity contribution in [3.05, 3.63) is 30.4 Å². The van der Waals surface area contributed by atoms with Crippen LogP contribution in [0.1, 0.15) is 24.5 Å². The van der Waals surface area contributed by atoms with E-state index < -0.39 is 0 Å². The summed E-state index contributed by atoms with van der Waals surface area (Å²) in [6, 6.07) is 3.98. The second kappa shape index (κ2) is 6.53. The molecule has 1 saturated heterocycles. The summed E-state index contributed by atoms with van der Waals surface area (Å²) in [6.45, 7) is 2.51. The Morgan fingerprint density at radius 1 is 1.43 bits per heavy atom. The molecular weight excluding hydrogens is 268 g/mol. The maximum Gasteiger partial charge on any atom is 0.134 e. The average Bonchev–Trinajstić information content (AvgIpc) is 3.08.